The summed E-state index contributed by atoms with van der Waals surface area (Å²) in [6, 6.07) is 14.2. The number of para-hydroxylation sites is 1. The second kappa shape index (κ2) is 8.70. The zero-order valence-electron chi connectivity index (χ0n) is 15.9. The van der Waals surface area contributed by atoms with Gasteiger partial charge in [0.15, 0.2) is 6.10 Å². The highest BCUT2D eigenvalue weighted by molar-refractivity contribution is 5.81. The summed E-state index contributed by atoms with van der Waals surface area (Å²) < 4.78 is 5.91. The Morgan fingerprint density at radius 2 is 1.80 bits per heavy atom. The van der Waals surface area contributed by atoms with Crippen molar-refractivity contribution in [3.8, 4) is 5.75 Å². The minimum absolute atomic E-state index is 0.000677. The Kier molecular flexibility index (Phi) is 6.63. The summed E-state index contributed by atoms with van der Waals surface area (Å²) in [5, 5.41) is 3.12. The lowest BCUT2D eigenvalue weighted by atomic mass is 9.99. The third kappa shape index (κ3) is 4.85. The summed E-state index contributed by atoms with van der Waals surface area (Å²) >= 11 is 0. The van der Waals surface area contributed by atoms with Crippen LogP contribution in [0.4, 0.5) is 0 Å². The van der Waals surface area contributed by atoms with Gasteiger partial charge in [0.1, 0.15) is 5.75 Å². The molecule has 0 radical (unpaired) electrons. The van der Waals surface area contributed by atoms with Gasteiger partial charge in [-0.25, -0.2) is 0 Å². The second-order valence-corrected chi connectivity index (χ2v) is 6.53. The Bertz CT molecular complexity index is 724. The molecule has 0 bridgehead atoms. The second-order valence-electron chi connectivity index (χ2n) is 6.53. The average Bonchev–Trinajstić information content (AvgIpc) is 2.62. The van der Waals surface area contributed by atoms with Crippen LogP contribution in [0.3, 0.4) is 0 Å². The molecule has 0 aliphatic heterocycles. The predicted octanol–water partition coefficient (Wildman–Crippen LogP) is 4.90. The smallest absolute Gasteiger partial charge is 0.261 e. The van der Waals surface area contributed by atoms with Crippen molar-refractivity contribution in [2.24, 2.45) is 0 Å². The van der Waals surface area contributed by atoms with E-state index in [0.717, 1.165) is 29.7 Å². The van der Waals surface area contributed by atoms with Crippen LogP contribution >= 0.6 is 0 Å². The highest BCUT2D eigenvalue weighted by atomic mass is 16.5. The van der Waals surface area contributed by atoms with Gasteiger partial charge in [-0.2, -0.15) is 0 Å². The van der Waals surface area contributed by atoms with E-state index in [-0.39, 0.29) is 11.9 Å². The number of hydrogen-bond donors (Lipinski definition) is 1. The van der Waals surface area contributed by atoms with Gasteiger partial charge >= 0.3 is 0 Å². The van der Waals surface area contributed by atoms with Crippen molar-refractivity contribution in [2.75, 3.05) is 0 Å². The molecule has 3 nitrogen and oxygen atoms in total. The van der Waals surface area contributed by atoms with Gasteiger partial charge in [-0.3, -0.25) is 4.79 Å². The predicted molar refractivity (Wildman–Crippen MR) is 103 cm³/mol. The number of nitrogens with one attached hydrogen (secondary N) is 1. The Morgan fingerprint density at radius 1 is 1.08 bits per heavy atom. The van der Waals surface area contributed by atoms with Crippen LogP contribution in [-0.4, -0.2) is 12.0 Å². The lowest BCUT2D eigenvalue weighted by Crippen LogP contribution is -2.38. The van der Waals surface area contributed by atoms with Gasteiger partial charge in [0.25, 0.3) is 5.91 Å². The Labute approximate surface area is 151 Å². The van der Waals surface area contributed by atoms with Gasteiger partial charge in [0, 0.05) is 0 Å². The van der Waals surface area contributed by atoms with Crippen LogP contribution in [0.25, 0.3) is 0 Å². The molecule has 134 valence electrons. The Balaban J connectivity index is 2.06. The van der Waals surface area contributed by atoms with E-state index in [4.69, 9.17) is 4.74 Å². The normalized spacial score (nSPS) is 13.2. The Hall–Kier alpha value is -2.29. The molecule has 1 N–H and O–H groups in total. The fraction of sp³-hybridized carbons (Fsp3) is 0.409. The molecule has 0 aliphatic carbocycles. The molecule has 0 saturated heterocycles. The number of rotatable bonds is 7. The van der Waals surface area contributed by atoms with E-state index in [0.29, 0.717) is 0 Å². The molecule has 2 aromatic rings. The van der Waals surface area contributed by atoms with Crippen molar-refractivity contribution >= 4 is 5.91 Å². The van der Waals surface area contributed by atoms with Crippen molar-refractivity contribution in [2.45, 2.75) is 59.6 Å². The molecule has 1 amide bonds. The molecule has 2 atom stereocenters. The number of aryl methyl sites for hydroxylation is 3. The minimum Gasteiger partial charge on any atom is -0.481 e. The summed E-state index contributed by atoms with van der Waals surface area (Å²) in [5.41, 5.74) is 4.76. The molecule has 0 unspecified atom stereocenters. The van der Waals surface area contributed by atoms with Gasteiger partial charge in [-0.15, -0.1) is 0 Å². The van der Waals surface area contributed by atoms with Gasteiger partial charge in [-0.1, -0.05) is 50.2 Å². The maximum absolute atomic E-state index is 12.6. The molecular formula is C22H29NO2. The fourth-order valence-electron chi connectivity index (χ4n) is 2.85. The number of carbonyl (C=O) groups is 1. The van der Waals surface area contributed by atoms with Gasteiger partial charge in [0.05, 0.1) is 6.04 Å². The molecule has 0 fully saturated rings. The topological polar surface area (TPSA) is 38.3 Å². The molecule has 25 heavy (non-hydrogen) atoms. The van der Waals surface area contributed by atoms with E-state index in [1.807, 2.05) is 24.3 Å². The summed E-state index contributed by atoms with van der Waals surface area (Å²) in [5.74, 6) is 0.697. The number of amides is 1. The van der Waals surface area contributed by atoms with E-state index in [9.17, 15) is 4.79 Å². The van der Waals surface area contributed by atoms with Crippen LogP contribution in [0, 0.1) is 13.8 Å². The SMILES string of the molecule is CCc1ccccc1O[C@@H](C)C(=O)N[C@@H](CC)c1ccc(C)c(C)c1. The molecule has 0 heterocycles. The number of ether oxygens (including phenoxy) is 1. The van der Waals surface area contributed by atoms with Crippen LogP contribution in [0.15, 0.2) is 42.5 Å². The highest BCUT2D eigenvalue weighted by Gasteiger charge is 2.20. The molecule has 0 aliphatic rings. The standard InChI is InChI=1S/C22H29NO2/c1-6-18-10-8-9-11-21(18)25-17(5)22(24)23-20(7-2)19-13-12-15(3)16(4)14-19/h8-14,17,20H,6-7H2,1-5H3,(H,23,24)/t17-,20-/m0/s1. The molecule has 0 spiro atoms. The van der Waals surface area contributed by atoms with E-state index in [1.165, 1.54) is 11.1 Å². The van der Waals surface area contributed by atoms with Gasteiger partial charge in [-0.05, 0) is 61.9 Å². The molecule has 2 rings (SSSR count). The quantitative estimate of drug-likeness (QED) is 0.779. The van der Waals surface area contributed by atoms with Gasteiger partial charge in [0.2, 0.25) is 0 Å². The van der Waals surface area contributed by atoms with E-state index in [1.54, 1.807) is 6.92 Å². The van der Waals surface area contributed by atoms with Crippen LogP contribution < -0.4 is 10.1 Å². The first-order valence-corrected chi connectivity index (χ1v) is 9.08. The van der Waals surface area contributed by atoms with Crippen LogP contribution in [-0.2, 0) is 11.2 Å². The molecule has 3 heteroatoms. The van der Waals surface area contributed by atoms with Crippen LogP contribution in [0.5, 0.6) is 5.75 Å². The monoisotopic (exact) mass is 339 g/mol. The van der Waals surface area contributed by atoms with Crippen LogP contribution in [0.2, 0.25) is 0 Å². The lowest BCUT2D eigenvalue weighted by Gasteiger charge is -2.22. The molecular weight excluding hydrogens is 310 g/mol. The zero-order chi connectivity index (χ0) is 18.4. The van der Waals surface area contributed by atoms with Gasteiger partial charge < -0.3 is 10.1 Å². The number of hydrogen-bond acceptors (Lipinski definition) is 2. The largest absolute Gasteiger partial charge is 0.481 e. The number of benzene rings is 2. The summed E-state index contributed by atoms with van der Waals surface area (Å²) in [4.78, 5) is 12.6. The maximum Gasteiger partial charge on any atom is 0.261 e. The number of carbonyl (C=O) groups excluding carboxylic acids is 1. The maximum atomic E-state index is 12.6. The van der Waals surface area contributed by atoms with E-state index < -0.39 is 6.10 Å². The molecule has 0 saturated carbocycles. The highest BCUT2D eigenvalue weighted by Crippen LogP contribution is 2.22. The zero-order valence-corrected chi connectivity index (χ0v) is 15.9. The van der Waals surface area contributed by atoms with Crippen molar-refractivity contribution in [1.82, 2.24) is 5.32 Å². The van der Waals surface area contributed by atoms with Crippen molar-refractivity contribution in [3.05, 3.63) is 64.7 Å². The van der Waals surface area contributed by atoms with E-state index in [2.05, 4.69) is 51.2 Å². The van der Waals surface area contributed by atoms with Crippen LogP contribution in [0.1, 0.15) is 55.5 Å². The minimum atomic E-state index is -0.534. The third-order valence-corrected chi connectivity index (χ3v) is 4.68. The summed E-state index contributed by atoms with van der Waals surface area (Å²) in [7, 11) is 0. The van der Waals surface area contributed by atoms with E-state index >= 15 is 0 Å². The summed E-state index contributed by atoms with van der Waals surface area (Å²) in [6.07, 6.45) is 1.19. The fourth-order valence-corrected chi connectivity index (χ4v) is 2.85. The Morgan fingerprint density at radius 3 is 2.44 bits per heavy atom. The average molecular weight is 339 g/mol. The first-order chi connectivity index (χ1) is 12.0. The van der Waals surface area contributed by atoms with Crippen molar-refractivity contribution < 1.29 is 9.53 Å². The first kappa shape index (κ1) is 19.0. The van der Waals surface area contributed by atoms with Crippen molar-refractivity contribution in [3.63, 3.8) is 0 Å². The first-order valence-electron chi connectivity index (χ1n) is 9.08. The van der Waals surface area contributed by atoms with Crippen molar-refractivity contribution in [1.29, 1.82) is 0 Å². The lowest BCUT2D eigenvalue weighted by molar-refractivity contribution is -0.128. The molecule has 2 aromatic carbocycles. The third-order valence-electron chi connectivity index (χ3n) is 4.68. The summed E-state index contributed by atoms with van der Waals surface area (Å²) in [6.45, 7) is 10.2. The molecule has 0 aromatic heterocycles.